The van der Waals surface area contributed by atoms with Crippen LogP contribution < -0.4 is 25.8 Å². The predicted molar refractivity (Wildman–Crippen MR) is 130 cm³/mol. The Morgan fingerprint density at radius 3 is 2.66 bits per heavy atom. The summed E-state index contributed by atoms with van der Waals surface area (Å²) in [4.78, 5) is 15.9. The van der Waals surface area contributed by atoms with Gasteiger partial charge in [-0.3, -0.25) is 4.79 Å². The normalized spacial score (nSPS) is 10.6. The summed E-state index contributed by atoms with van der Waals surface area (Å²) in [5.41, 5.74) is 9.64. The zero-order valence-electron chi connectivity index (χ0n) is 17.7. The number of nitrogen functional groups attached to an aromatic ring is 1. The van der Waals surface area contributed by atoms with Gasteiger partial charge in [-0.05, 0) is 48.6 Å². The second-order valence-electron chi connectivity index (χ2n) is 6.70. The van der Waals surface area contributed by atoms with Crippen LogP contribution in [0.2, 0.25) is 5.02 Å². The van der Waals surface area contributed by atoms with Crippen molar-refractivity contribution in [3.8, 4) is 11.5 Å². The molecule has 164 valence electrons. The van der Waals surface area contributed by atoms with Gasteiger partial charge in [0.15, 0.2) is 17.8 Å². The molecule has 4 N–H and O–H groups in total. The summed E-state index contributed by atoms with van der Waals surface area (Å²) in [6.45, 7) is 4.01. The average molecular weight is 451 g/mol. The molecule has 1 aromatic heterocycles. The third-order valence-corrected chi connectivity index (χ3v) is 4.74. The van der Waals surface area contributed by atoms with Gasteiger partial charge in [0, 0.05) is 34.2 Å². The molecular formula is C24H23ClN4O3. The largest absolute Gasteiger partial charge is 0.493 e. The number of nitrogens with two attached hydrogens (primary N) is 1. The van der Waals surface area contributed by atoms with Crippen molar-refractivity contribution in [3.63, 3.8) is 0 Å². The van der Waals surface area contributed by atoms with E-state index >= 15 is 0 Å². The van der Waals surface area contributed by atoms with Crippen molar-refractivity contribution in [2.24, 2.45) is 0 Å². The second kappa shape index (κ2) is 10.4. The minimum absolute atomic E-state index is 0.362. The van der Waals surface area contributed by atoms with E-state index in [2.05, 4.69) is 22.2 Å². The Bertz CT molecular complexity index is 1180. The molecule has 0 saturated carbocycles. The lowest BCUT2D eigenvalue weighted by atomic mass is 10.1. The molecule has 0 aliphatic carbocycles. The summed E-state index contributed by atoms with van der Waals surface area (Å²) in [6.07, 6.45) is 6.05. The minimum Gasteiger partial charge on any atom is -0.493 e. The van der Waals surface area contributed by atoms with Crippen LogP contribution in [0.4, 0.5) is 22.9 Å². The smallest absolute Gasteiger partial charge is 0.171 e. The van der Waals surface area contributed by atoms with Gasteiger partial charge < -0.3 is 25.8 Å². The topological polar surface area (TPSA) is 98.5 Å². The van der Waals surface area contributed by atoms with Crippen LogP contribution in [0.5, 0.6) is 11.5 Å². The maximum Gasteiger partial charge on any atom is 0.171 e. The fraction of sp³-hybridized carbons (Fsp3) is 0.0833. The summed E-state index contributed by atoms with van der Waals surface area (Å²) < 4.78 is 10.6. The first-order valence-corrected chi connectivity index (χ1v) is 9.95. The van der Waals surface area contributed by atoms with E-state index in [0.29, 0.717) is 56.9 Å². The van der Waals surface area contributed by atoms with Crippen LogP contribution >= 0.6 is 11.6 Å². The molecule has 32 heavy (non-hydrogen) atoms. The molecule has 0 amide bonds. The van der Waals surface area contributed by atoms with E-state index in [9.17, 15) is 4.79 Å². The van der Waals surface area contributed by atoms with Crippen molar-refractivity contribution < 1.29 is 14.3 Å². The maximum absolute atomic E-state index is 11.5. The molecule has 0 atom stereocenters. The number of halogens is 1. The summed E-state index contributed by atoms with van der Waals surface area (Å²) >= 11 is 5.94. The molecule has 0 spiro atoms. The monoisotopic (exact) mass is 450 g/mol. The molecule has 3 aromatic rings. The molecule has 0 saturated heterocycles. The molecule has 0 fully saturated rings. The van der Waals surface area contributed by atoms with Crippen molar-refractivity contribution in [2.45, 2.75) is 0 Å². The molecular weight excluding hydrogens is 428 g/mol. The molecule has 0 aliphatic rings. The fourth-order valence-corrected chi connectivity index (χ4v) is 3.18. The molecule has 0 bridgehead atoms. The van der Waals surface area contributed by atoms with Crippen LogP contribution in [0.25, 0.3) is 6.08 Å². The van der Waals surface area contributed by atoms with E-state index in [4.69, 9.17) is 26.8 Å². The minimum atomic E-state index is 0.362. The Labute approximate surface area is 191 Å². The number of hydrogen-bond donors (Lipinski definition) is 3. The number of benzene rings is 2. The first-order chi connectivity index (χ1) is 15.4. The highest BCUT2D eigenvalue weighted by Crippen LogP contribution is 2.35. The number of aromatic nitrogens is 1. The fourth-order valence-electron chi connectivity index (χ4n) is 3.00. The number of rotatable bonds is 9. The van der Waals surface area contributed by atoms with Crippen LogP contribution in [0.15, 0.2) is 67.0 Å². The van der Waals surface area contributed by atoms with Crippen LogP contribution in [-0.4, -0.2) is 25.5 Å². The third-order valence-electron chi connectivity index (χ3n) is 4.51. The Kier molecular flexibility index (Phi) is 7.36. The summed E-state index contributed by atoms with van der Waals surface area (Å²) in [5, 5.41) is 6.93. The molecule has 0 aliphatic heterocycles. The van der Waals surface area contributed by atoms with Crippen molar-refractivity contribution in [2.75, 3.05) is 30.6 Å². The second-order valence-corrected chi connectivity index (χ2v) is 7.14. The van der Waals surface area contributed by atoms with E-state index in [1.807, 2.05) is 24.3 Å². The highest BCUT2D eigenvalue weighted by atomic mass is 35.5. The van der Waals surface area contributed by atoms with Crippen LogP contribution in [0, 0.1) is 0 Å². The highest BCUT2D eigenvalue weighted by Gasteiger charge is 2.13. The van der Waals surface area contributed by atoms with Crippen molar-refractivity contribution in [1.82, 2.24) is 4.98 Å². The lowest BCUT2D eigenvalue weighted by molar-refractivity contribution is 0.112. The average Bonchev–Trinajstić information content (AvgIpc) is 2.79. The van der Waals surface area contributed by atoms with Gasteiger partial charge in [-0.2, -0.15) is 0 Å². The first kappa shape index (κ1) is 22.7. The molecule has 0 unspecified atom stereocenters. The number of carbonyl (C=O) groups excluding carboxylic acids is 1. The van der Waals surface area contributed by atoms with Gasteiger partial charge in [0.05, 0.1) is 31.2 Å². The number of anilines is 4. The van der Waals surface area contributed by atoms with Crippen LogP contribution in [0.3, 0.4) is 0 Å². The van der Waals surface area contributed by atoms with Gasteiger partial charge in [-0.15, -0.1) is 0 Å². The number of ether oxygens (including phenoxy) is 2. The highest BCUT2D eigenvalue weighted by molar-refractivity contribution is 6.31. The van der Waals surface area contributed by atoms with Gasteiger partial charge in [-0.1, -0.05) is 18.2 Å². The number of carbonyl (C=O) groups is 1. The van der Waals surface area contributed by atoms with Gasteiger partial charge >= 0.3 is 0 Å². The third kappa shape index (κ3) is 5.39. The number of nitrogens with one attached hydrogen (secondary N) is 2. The van der Waals surface area contributed by atoms with Crippen molar-refractivity contribution in [3.05, 3.63) is 83.2 Å². The first-order valence-electron chi connectivity index (χ1n) is 9.57. The number of allylic oxidation sites excluding steroid dienone is 1. The van der Waals surface area contributed by atoms with Crippen molar-refractivity contribution >= 4 is 46.8 Å². The van der Waals surface area contributed by atoms with E-state index < -0.39 is 0 Å². The van der Waals surface area contributed by atoms with E-state index in [0.717, 1.165) is 5.56 Å². The quantitative estimate of drug-likeness (QED) is 0.224. The van der Waals surface area contributed by atoms with E-state index in [1.165, 1.54) is 14.2 Å². The zero-order valence-corrected chi connectivity index (χ0v) is 18.4. The lowest BCUT2D eigenvalue weighted by Crippen LogP contribution is -2.01. The summed E-state index contributed by atoms with van der Waals surface area (Å²) in [5.74, 6) is 1.40. The lowest BCUT2D eigenvalue weighted by Gasteiger charge is -2.14. The summed E-state index contributed by atoms with van der Waals surface area (Å²) in [6, 6.07) is 12.3. The number of methoxy groups -OCH3 is 2. The van der Waals surface area contributed by atoms with Gasteiger partial charge in [0.25, 0.3) is 0 Å². The molecule has 3 rings (SSSR count). The van der Waals surface area contributed by atoms with Gasteiger partial charge in [0.1, 0.15) is 5.82 Å². The Hall–Kier alpha value is -3.97. The standard InChI is InChI=1S/C24H23ClN4O3/c1-15(28-21-9-8-18(25)12-20(21)26)6-7-16-5-4-10-27-24(16)29-19-11-17(14-30)23(32-3)22(13-19)31-2/h4-14,28H,1,26H2,2-3H3,(H,27,29)/b7-6+. The van der Waals surface area contributed by atoms with Crippen LogP contribution in [0.1, 0.15) is 15.9 Å². The maximum atomic E-state index is 11.5. The number of nitrogens with zero attached hydrogens (tertiary/aromatic N) is 1. The molecule has 8 heteroatoms. The Morgan fingerprint density at radius 2 is 1.97 bits per heavy atom. The van der Waals surface area contributed by atoms with E-state index in [1.54, 1.807) is 36.5 Å². The predicted octanol–water partition coefficient (Wildman–Crippen LogP) is 5.53. The molecule has 7 nitrogen and oxygen atoms in total. The number of aldehydes is 1. The van der Waals surface area contributed by atoms with Crippen molar-refractivity contribution in [1.29, 1.82) is 0 Å². The molecule has 2 aromatic carbocycles. The summed E-state index contributed by atoms with van der Waals surface area (Å²) in [7, 11) is 3.00. The number of pyridine rings is 1. The SMILES string of the molecule is C=C(/C=C/c1cccnc1Nc1cc(C=O)c(OC)c(OC)c1)Nc1ccc(Cl)cc1N. The molecule has 0 radical (unpaired) electrons. The Morgan fingerprint density at radius 1 is 1.16 bits per heavy atom. The zero-order chi connectivity index (χ0) is 23.1. The Balaban J connectivity index is 1.82. The number of hydrogen-bond acceptors (Lipinski definition) is 7. The van der Waals surface area contributed by atoms with Gasteiger partial charge in [-0.25, -0.2) is 4.98 Å². The molecule has 1 heterocycles. The van der Waals surface area contributed by atoms with E-state index in [-0.39, 0.29) is 0 Å². The van der Waals surface area contributed by atoms with Crippen LogP contribution in [-0.2, 0) is 0 Å². The van der Waals surface area contributed by atoms with Gasteiger partial charge in [0.2, 0.25) is 0 Å².